The van der Waals surface area contributed by atoms with Crippen LogP contribution in [0.25, 0.3) is 0 Å². The Balaban J connectivity index is 2.18. The van der Waals surface area contributed by atoms with E-state index in [0.29, 0.717) is 5.31 Å². The van der Waals surface area contributed by atoms with Gasteiger partial charge in [0.05, 0.1) is 0 Å². The van der Waals surface area contributed by atoms with Crippen LogP contribution in [0.4, 0.5) is 0 Å². The van der Waals surface area contributed by atoms with Crippen LogP contribution in [-0.4, -0.2) is 6.71 Å². The molecule has 1 aliphatic carbocycles. The van der Waals surface area contributed by atoms with Crippen LogP contribution >= 0.6 is 0 Å². The Morgan fingerprint density at radius 3 is 1.89 bits per heavy atom. The molecular weight excluding hydrogens is 227 g/mol. The second kappa shape index (κ2) is 9.08. The molecule has 0 saturated heterocycles. The highest BCUT2D eigenvalue weighted by atomic mass is 14.2. The number of unbranched alkanes of at least 4 members (excludes halogenated alkanes) is 6. The minimum Gasteiger partial charge on any atom is -0.0735 e. The molecule has 0 amide bonds. The standard InChI is InChI=1S/C18H37B/c1-5-6-7-8-9-10-13-16-19(18(2,3)4)17-14-11-12-15-17/h17H,5-16H2,1-4H3. The van der Waals surface area contributed by atoms with Crippen LogP contribution in [0.5, 0.6) is 0 Å². The van der Waals surface area contributed by atoms with E-state index in [0.717, 1.165) is 12.5 Å². The largest absolute Gasteiger partial charge is 0.148 e. The summed E-state index contributed by atoms with van der Waals surface area (Å²) in [6.45, 7) is 10.7. The van der Waals surface area contributed by atoms with Crippen LogP contribution in [0.15, 0.2) is 0 Å². The van der Waals surface area contributed by atoms with Crippen molar-refractivity contribution in [3.8, 4) is 0 Å². The summed E-state index contributed by atoms with van der Waals surface area (Å²) < 4.78 is 0. The van der Waals surface area contributed by atoms with Gasteiger partial charge >= 0.3 is 0 Å². The first kappa shape index (κ1) is 17.1. The molecule has 1 rings (SSSR count). The lowest BCUT2D eigenvalue weighted by molar-refractivity contribution is 0.594. The SMILES string of the molecule is CCCCCCCCCB(C1CCCC1)C(C)(C)C. The van der Waals surface area contributed by atoms with Crippen molar-refractivity contribution in [2.45, 2.75) is 116 Å². The van der Waals surface area contributed by atoms with Gasteiger partial charge in [-0.15, -0.1) is 0 Å². The van der Waals surface area contributed by atoms with Crippen molar-refractivity contribution < 1.29 is 0 Å². The topological polar surface area (TPSA) is 0 Å². The van der Waals surface area contributed by atoms with Gasteiger partial charge in [-0.1, -0.05) is 116 Å². The van der Waals surface area contributed by atoms with Crippen molar-refractivity contribution in [3.63, 3.8) is 0 Å². The van der Waals surface area contributed by atoms with Crippen LogP contribution < -0.4 is 0 Å². The number of hydrogen-bond donors (Lipinski definition) is 0. The van der Waals surface area contributed by atoms with Crippen LogP contribution in [0.3, 0.4) is 0 Å². The average Bonchev–Trinajstić information content (AvgIpc) is 2.84. The van der Waals surface area contributed by atoms with Gasteiger partial charge in [0.15, 0.2) is 0 Å². The first-order chi connectivity index (χ1) is 9.05. The zero-order valence-electron chi connectivity index (χ0n) is 14.1. The van der Waals surface area contributed by atoms with E-state index in [1.54, 1.807) is 0 Å². The zero-order valence-corrected chi connectivity index (χ0v) is 14.1. The van der Waals surface area contributed by atoms with Gasteiger partial charge in [-0.3, -0.25) is 0 Å². The Hall–Kier alpha value is 0.0649. The van der Waals surface area contributed by atoms with Gasteiger partial charge in [0.2, 0.25) is 0 Å². The highest BCUT2D eigenvalue weighted by Gasteiger charge is 2.36. The van der Waals surface area contributed by atoms with E-state index in [-0.39, 0.29) is 0 Å². The lowest BCUT2D eigenvalue weighted by Gasteiger charge is -2.32. The molecule has 0 radical (unpaired) electrons. The van der Waals surface area contributed by atoms with E-state index in [1.807, 2.05) is 0 Å². The molecule has 0 aliphatic heterocycles. The van der Waals surface area contributed by atoms with E-state index < -0.39 is 0 Å². The minimum absolute atomic E-state index is 0.525. The summed E-state index contributed by atoms with van der Waals surface area (Å²) in [5, 5.41) is 0.525. The van der Waals surface area contributed by atoms with Crippen molar-refractivity contribution in [2.24, 2.45) is 0 Å². The molecule has 0 atom stereocenters. The Labute approximate surface area is 123 Å². The Morgan fingerprint density at radius 1 is 0.842 bits per heavy atom. The highest BCUT2D eigenvalue weighted by molar-refractivity contribution is 6.63. The van der Waals surface area contributed by atoms with E-state index in [4.69, 9.17) is 0 Å². The molecule has 0 spiro atoms. The molecule has 1 fully saturated rings. The first-order valence-corrected chi connectivity index (χ1v) is 9.05. The molecule has 1 saturated carbocycles. The molecule has 0 aromatic carbocycles. The Kier molecular flexibility index (Phi) is 8.18. The van der Waals surface area contributed by atoms with E-state index >= 15 is 0 Å². The van der Waals surface area contributed by atoms with Crippen LogP contribution in [-0.2, 0) is 0 Å². The van der Waals surface area contributed by atoms with Gasteiger partial charge < -0.3 is 0 Å². The lowest BCUT2D eigenvalue weighted by Crippen LogP contribution is -2.29. The molecule has 0 unspecified atom stereocenters. The highest BCUT2D eigenvalue weighted by Crippen LogP contribution is 2.44. The molecule has 0 bridgehead atoms. The molecule has 112 valence electrons. The predicted octanol–water partition coefficient (Wildman–Crippen LogP) is 6.98. The quantitative estimate of drug-likeness (QED) is 0.311. The molecule has 0 aromatic heterocycles. The molecule has 0 N–H and O–H groups in total. The summed E-state index contributed by atoms with van der Waals surface area (Å²) in [6.07, 6.45) is 17.7. The maximum absolute atomic E-state index is 2.47. The van der Waals surface area contributed by atoms with Crippen LogP contribution in [0, 0.1) is 0 Å². The third kappa shape index (κ3) is 6.86. The Morgan fingerprint density at radius 2 is 1.37 bits per heavy atom. The predicted molar refractivity (Wildman–Crippen MR) is 90.5 cm³/mol. The van der Waals surface area contributed by atoms with Crippen molar-refractivity contribution in [2.75, 3.05) is 0 Å². The monoisotopic (exact) mass is 264 g/mol. The number of hydrogen-bond acceptors (Lipinski definition) is 0. The Bertz CT molecular complexity index is 210. The molecule has 0 nitrogen and oxygen atoms in total. The normalized spacial score (nSPS) is 17.1. The fourth-order valence-corrected chi connectivity index (χ4v) is 4.06. The van der Waals surface area contributed by atoms with Crippen LogP contribution in [0.2, 0.25) is 17.5 Å². The summed E-state index contributed by atoms with van der Waals surface area (Å²) in [6, 6.07) is 0. The maximum atomic E-state index is 2.47. The summed E-state index contributed by atoms with van der Waals surface area (Å²) in [5.41, 5.74) is 0. The third-order valence-corrected chi connectivity index (χ3v) is 5.20. The fourth-order valence-electron chi connectivity index (χ4n) is 4.06. The fraction of sp³-hybridized carbons (Fsp3) is 1.00. The second-order valence-corrected chi connectivity index (χ2v) is 7.93. The summed E-state index contributed by atoms with van der Waals surface area (Å²) in [4.78, 5) is 0. The molecule has 19 heavy (non-hydrogen) atoms. The van der Waals surface area contributed by atoms with Crippen molar-refractivity contribution >= 4 is 6.71 Å². The van der Waals surface area contributed by atoms with Gasteiger partial charge in [-0.25, -0.2) is 0 Å². The zero-order chi connectivity index (χ0) is 14.1. The van der Waals surface area contributed by atoms with Gasteiger partial charge in [0, 0.05) is 0 Å². The van der Waals surface area contributed by atoms with Gasteiger partial charge in [-0.05, 0) is 0 Å². The first-order valence-electron chi connectivity index (χ1n) is 9.05. The molecule has 1 aliphatic rings. The van der Waals surface area contributed by atoms with Crippen molar-refractivity contribution in [1.29, 1.82) is 0 Å². The molecule has 1 heteroatoms. The van der Waals surface area contributed by atoms with Gasteiger partial charge in [0.25, 0.3) is 0 Å². The molecule has 0 heterocycles. The van der Waals surface area contributed by atoms with E-state index in [2.05, 4.69) is 27.7 Å². The van der Waals surface area contributed by atoms with Gasteiger partial charge in [-0.2, -0.15) is 0 Å². The summed E-state index contributed by atoms with van der Waals surface area (Å²) in [5.74, 6) is 1.04. The minimum atomic E-state index is 0.525. The molecular formula is C18H37B. The summed E-state index contributed by atoms with van der Waals surface area (Å²) in [7, 11) is 0. The molecule has 0 aromatic rings. The third-order valence-electron chi connectivity index (χ3n) is 5.20. The smallest absolute Gasteiger partial charge is 0.0735 e. The number of rotatable bonds is 9. The van der Waals surface area contributed by atoms with Crippen molar-refractivity contribution in [1.82, 2.24) is 0 Å². The second-order valence-electron chi connectivity index (χ2n) is 7.93. The summed E-state index contributed by atoms with van der Waals surface area (Å²) >= 11 is 0. The average molecular weight is 264 g/mol. The van der Waals surface area contributed by atoms with Gasteiger partial charge in [0.1, 0.15) is 6.71 Å². The van der Waals surface area contributed by atoms with Crippen LogP contribution in [0.1, 0.15) is 98.3 Å². The van der Waals surface area contributed by atoms with E-state index in [1.165, 1.54) is 76.9 Å². The maximum Gasteiger partial charge on any atom is 0.148 e. The van der Waals surface area contributed by atoms with Crippen molar-refractivity contribution in [3.05, 3.63) is 0 Å². The lowest BCUT2D eigenvalue weighted by atomic mass is 9.26. The van der Waals surface area contributed by atoms with E-state index in [9.17, 15) is 0 Å².